The number of carbonyl (C=O) groups excluding carboxylic acids is 1. The van der Waals surface area contributed by atoms with Gasteiger partial charge >= 0.3 is 0 Å². The summed E-state index contributed by atoms with van der Waals surface area (Å²) in [6.45, 7) is 8.09. The van der Waals surface area contributed by atoms with Gasteiger partial charge in [0.15, 0.2) is 0 Å². The number of hydrogen-bond donors (Lipinski definition) is 1. The van der Waals surface area contributed by atoms with Crippen LogP contribution in [0.15, 0.2) is 48.8 Å². The molecule has 0 bridgehead atoms. The van der Waals surface area contributed by atoms with E-state index in [0.717, 1.165) is 51.3 Å². The van der Waals surface area contributed by atoms with Gasteiger partial charge in [0.1, 0.15) is 17.9 Å². The molecule has 6 heteroatoms. The Labute approximate surface area is 172 Å². The number of nitrogens with one attached hydrogen (secondary N) is 1. The van der Waals surface area contributed by atoms with Crippen LogP contribution in [0.1, 0.15) is 18.1 Å². The second-order valence-corrected chi connectivity index (χ2v) is 7.87. The molecular formula is C23H30N4O2. The number of hydrogen-bond acceptors (Lipinski definition) is 5. The van der Waals surface area contributed by atoms with E-state index < -0.39 is 5.54 Å². The van der Waals surface area contributed by atoms with Crippen LogP contribution in [0.25, 0.3) is 0 Å². The SMILES string of the molecule is CCN1CCN(C2(C(=O)NCCOc3cccnc3)Cc3ccccc3C2)CC1. The summed E-state index contributed by atoms with van der Waals surface area (Å²) in [5, 5.41) is 3.15. The summed E-state index contributed by atoms with van der Waals surface area (Å²) in [5.74, 6) is 0.842. The van der Waals surface area contributed by atoms with Crippen LogP contribution in [0.4, 0.5) is 0 Å². The van der Waals surface area contributed by atoms with E-state index in [0.29, 0.717) is 13.2 Å². The molecule has 0 radical (unpaired) electrons. The maximum absolute atomic E-state index is 13.5. The van der Waals surface area contributed by atoms with Gasteiger partial charge in [-0.1, -0.05) is 31.2 Å². The average molecular weight is 395 g/mol. The molecule has 0 saturated carbocycles. The van der Waals surface area contributed by atoms with Gasteiger partial charge in [0.2, 0.25) is 5.91 Å². The third-order valence-electron chi connectivity index (χ3n) is 6.22. The number of nitrogens with zero attached hydrogens (tertiary/aromatic N) is 3. The quantitative estimate of drug-likeness (QED) is 0.725. The summed E-state index contributed by atoms with van der Waals surface area (Å²) < 4.78 is 5.69. The van der Waals surface area contributed by atoms with Crippen molar-refractivity contribution in [3.05, 3.63) is 59.9 Å². The molecule has 6 nitrogen and oxygen atoms in total. The van der Waals surface area contributed by atoms with Crippen molar-refractivity contribution >= 4 is 5.91 Å². The van der Waals surface area contributed by atoms with Gasteiger partial charge in [-0.15, -0.1) is 0 Å². The number of likely N-dealkylation sites (N-methyl/N-ethyl adjacent to an activating group) is 1. The summed E-state index contributed by atoms with van der Waals surface area (Å²) in [4.78, 5) is 22.4. The highest BCUT2D eigenvalue weighted by atomic mass is 16.5. The Hall–Kier alpha value is -2.44. The topological polar surface area (TPSA) is 57.7 Å². The minimum absolute atomic E-state index is 0.119. The molecule has 154 valence electrons. The third kappa shape index (κ3) is 4.28. The second kappa shape index (κ2) is 8.93. The molecule has 1 aromatic heterocycles. The van der Waals surface area contributed by atoms with Gasteiger partial charge in [-0.25, -0.2) is 0 Å². The van der Waals surface area contributed by atoms with E-state index >= 15 is 0 Å². The number of aromatic nitrogens is 1. The number of ether oxygens (including phenoxy) is 1. The van der Waals surface area contributed by atoms with E-state index in [9.17, 15) is 4.79 Å². The molecule has 0 unspecified atom stereocenters. The van der Waals surface area contributed by atoms with Crippen LogP contribution in [-0.4, -0.2) is 72.1 Å². The molecule has 29 heavy (non-hydrogen) atoms. The predicted octanol–water partition coefficient (Wildman–Crippen LogP) is 1.75. The lowest BCUT2D eigenvalue weighted by Crippen LogP contribution is -2.64. The zero-order valence-electron chi connectivity index (χ0n) is 17.1. The van der Waals surface area contributed by atoms with Gasteiger partial charge in [-0.2, -0.15) is 0 Å². The number of benzene rings is 1. The normalized spacial score (nSPS) is 18.9. The summed E-state index contributed by atoms with van der Waals surface area (Å²) in [6, 6.07) is 12.2. The van der Waals surface area contributed by atoms with Crippen LogP contribution < -0.4 is 10.1 Å². The average Bonchev–Trinajstić information content (AvgIpc) is 3.18. The van der Waals surface area contributed by atoms with Crippen molar-refractivity contribution in [2.75, 3.05) is 45.9 Å². The van der Waals surface area contributed by atoms with Crippen molar-refractivity contribution in [1.29, 1.82) is 0 Å². The van der Waals surface area contributed by atoms with Crippen molar-refractivity contribution in [1.82, 2.24) is 20.1 Å². The number of pyridine rings is 1. The zero-order chi connectivity index (χ0) is 20.1. The van der Waals surface area contributed by atoms with E-state index in [2.05, 4.69) is 51.3 Å². The Balaban J connectivity index is 1.42. The van der Waals surface area contributed by atoms with Gasteiger partial charge < -0.3 is 15.0 Å². The fraction of sp³-hybridized carbons (Fsp3) is 0.478. The molecule has 2 aliphatic rings. The van der Waals surface area contributed by atoms with Crippen LogP contribution in [0.5, 0.6) is 5.75 Å². The van der Waals surface area contributed by atoms with E-state index in [1.807, 2.05) is 12.1 Å². The first-order valence-electron chi connectivity index (χ1n) is 10.6. The molecule has 1 amide bonds. The Bertz CT molecular complexity index is 794. The first kappa shape index (κ1) is 19.9. The zero-order valence-corrected chi connectivity index (χ0v) is 17.1. The van der Waals surface area contributed by atoms with Crippen molar-refractivity contribution in [3.8, 4) is 5.75 Å². The number of fused-ring (bicyclic) bond motifs is 1. The lowest BCUT2D eigenvalue weighted by molar-refractivity contribution is -0.134. The molecule has 0 atom stereocenters. The number of carbonyl (C=O) groups is 1. The van der Waals surface area contributed by atoms with E-state index in [1.54, 1.807) is 12.4 Å². The third-order valence-corrected chi connectivity index (χ3v) is 6.22. The Morgan fingerprint density at radius 2 is 1.83 bits per heavy atom. The first-order valence-corrected chi connectivity index (χ1v) is 10.6. The summed E-state index contributed by atoms with van der Waals surface area (Å²) in [7, 11) is 0. The van der Waals surface area contributed by atoms with Gasteiger partial charge in [0, 0.05) is 45.2 Å². The van der Waals surface area contributed by atoms with Crippen molar-refractivity contribution < 1.29 is 9.53 Å². The van der Waals surface area contributed by atoms with Crippen LogP contribution in [-0.2, 0) is 17.6 Å². The number of piperazine rings is 1. The van der Waals surface area contributed by atoms with Crippen molar-refractivity contribution in [2.24, 2.45) is 0 Å². The fourth-order valence-corrected chi connectivity index (χ4v) is 4.55. The van der Waals surface area contributed by atoms with Crippen LogP contribution in [0.3, 0.4) is 0 Å². The molecule has 1 aliphatic carbocycles. The Morgan fingerprint density at radius 1 is 1.10 bits per heavy atom. The first-order chi connectivity index (χ1) is 14.2. The summed E-state index contributed by atoms with van der Waals surface area (Å²) in [5.41, 5.74) is 2.11. The molecule has 1 saturated heterocycles. The van der Waals surface area contributed by atoms with Crippen molar-refractivity contribution in [3.63, 3.8) is 0 Å². The van der Waals surface area contributed by atoms with Gasteiger partial charge in [-0.05, 0) is 29.8 Å². The lowest BCUT2D eigenvalue weighted by Gasteiger charge is -2.44. The highest BCUT2D eigenvalue weighted by Gasteiger charge is 2.48. The molecule has 0 spiro atoms. The molecule has 1 aliphatic heterocycles. The molecule has 2 heterocycles. The number of rotatable bonds is 7. The highest BCUT2D eigenvalue weighted by molar-refractivity contribution is 5.88. The minimum Gasteiger partial charge on any atom is -0.490 e. The molecular weight excluding hydrogens is 364 g/mol. The van der Waals surface area contributed by atoms with Gasteiger partial charge in [0.25, 0.3) is 0 Å². The van der Waals surface area contributed by atoms with E-state index in [4.69, 9.17) is 4.74 Å². The molecule has 2 aromatic rings. The Kier molecular flexibility index (Phi) is 6.11. The maximum Gasteiger partial charge on any atom is 0.241 e. The van der Waals surface area contributed by atoms with Crippen LogP contribution in [0.2, 0.25) is 0 Å². The summed E-state index contributed by atoms with van der Waals surface area (Å²) in [6.07, 6.45) is 4.97. The van der Waals surface area contributed by atoms with E-state index in [1.165, 1.54) is 11.1 Å². The minimum atomic E-state index is -0.488. The predicted molar refractivity (Wildman–Crippen MR) is 113 cm³/mol. The second-order valence-electron chi connectivity index (χ2n) is 7.87. The fourth-order valence-electron chi connectivity index (χ4n) is 4.55. The molecule has 1 aromatic carbocycles. The van der Waals surface area contributed by atoms with Crippen LogP contribution in [0, 0.1) is 0 Å². The van der Waals surface area contributed by atoms with Gasteiger partial charge in [-0.3, -0.25) is 14.7 Å². The van der Waals surface area contributed by atoms with E-state index in [-0.39, 0.29) is 5.91 Å². The number of amides is 1. The molecule has 1 N–H and O–H groups in total. The smallest absolute Gasteiger partial charge is 0.241 e. The monoisotopic (exact) mass is 394 g/mol. The Morgan fingerprint density at radius 3 is 2.45 bits per heavy atom. The van der Waals surface area contributed by atoms with Gasteiger partial charge in [0.05, 0.1) is 12.7 Å². The van der Waals surface area contributed by atoms with Crippen molar-refractivity contribution in [2.45, 2.75) is 25.3 Å². The van der Waals surface area contributed by atoms with Crippen LogP contribution >= 0.6 is 0 Å². The molecule has 1 fully saturated rings. The molecule has 4 rings (SSSR count). The highest BCUT2D eigenvalue weighted by Crippen LogP contribution is 2.35. The standard InChI is InChI=1S/C23H30N4O2/c1-2-26-11-13-27(14-12-26)23(16-19-6-3-4-7-20(19)17-23)22(28)25-10-15-29-21-8-5-9-24-18-21/h3-9,18H,2,10-17H2,1H3,(H,25,28). The lowest BCUT2D eigenvalue weighted by atomic mass is 9.91. The largest absolute Gasteiger partial charge is 0.490 e. The maximum atomic E-state index is 13.5. The summed E-state index contributed by atoms with van der Waals surface area (Å²) >= 11 is 0.